The van der Waals surface area contributed by atoms with Crippen LogP contribution in [0.25, 0.3) is 5.82 Å². The van der Waals surface area contributed by atoms with Gasteiger partial charge in [-0.2, -0.15) is 5.10 Å². The predicted octanol–water partition coefficient (Wildman–Crippen LogP) is 4.14. The molecule has 0 bridgehead atoms. The zero-order valence-corrected chi connectivity index (χ0v) is 16.7. The van der Waals surface area contributed by atoms with Crippen molar-refractivity contribution in [2.24, 2.45) is 0 Å². The molecule has 0 saturated heterocycles. The van der Waals surface area contributed by atoms with Crippen LogP contribution in [-0.4, -0.2) is 33.1 Å². The minimum atomic E-state index is -0.757. The summed E-state index contributed by atoms with van der Waals surface area (Å²) in [6.07, 6.45) is 0.888. The van der Waals surface area contributed by atoms with Crippen molar-refractivity contribution in [3.05, 3.63) is 75.7 Å². The molecule has 0 radical (unpaired) electrons. The van der Waals surface area contributed by atoms with Crippen molar-refractivity contribution in [1.82, 2.24) is 14.8 Å². The van der Waals surface area contributed by atoms with Crippen LogP contribution < -0.4 is 0 Å². The Labute approximate surface area is 168 Å². The number of hydrogen-bond donors (Lipinski definition) is 0. The highest BCUT2D eigenvalue weighted by atomic mass is 35.5. The highest BCUT2D eigenvalue weighted by Crippen LogP contribution is 2.19. The molecule has 144 valence electrons. The molecule has 3 aromatic rings. The van der Waals surface area contributed by atoms with Gasteiger partial charge in [0.15, 0.2) is 23.9 Å². The molecule has 6 nitrogen and oxygen atoms in total. The molecular weight excluding hydrogens is 378 g/mol. The Morgan fingerprint density at radius 3 is 2.43 bits per heavy atom. The zero-order chi connectivity index (χ0) is 20.3. The van der Waals surface area contributed by atoms with Crippen molar-refractivity contribution < 1.29 is 14.3 Å². The van der Waals surface area contributed by atoms with E-state index >= 15 is 0 Å². The van der Waals surface area contributed by atoms with Crippen molar-refractivity contribution in [2.75, 3.05) is 6.61 Å². The van der Waals surface area contributed by atoms with Crippen molar-refractivity contribution in [1.29, 1.82) is 0 Å². The smallest absolute Gasteiger partial charge is 0.359 e. The fourth-order valence-corrected chi connectivity index (χ4v) is 2.95. The van der Waals surface area contributed by atoms with Crippen LogP contribution in [0, 0.1) is 13.8 Å². The average molecular weight is 398 g/mol. The minimum Gasteiger partial charge on any atom is -0.453 e. The van der Waals surface area contributed by atoms with Gasteiger partial charge in [0.25, 0.3) is 0 Å². The summed E-state index contributed by atoms with van der Waals surface area (Å²) in [5, 5.41) is 4.49. The van der Waals surface area contributed by atoms with E-state index in [9.17, 15) is 9.59 Å². The molecule has 28 heavy (non-hydrogen) atoms. The van der Waals surface area contributed by atoms with Gasteiger partial charge in [0.05, 0.1) is 10.7 Å². The van der Waals surface area contributed by atoms with Gasteiger partial charge in [-0.3, -0.25) is 4.79 Å². The first-order valence-electron chi connectivity index (χ1n) is 8.88. The lowest BCUT2D eigenvalue weighted by atomic mass is 10.1. The predicted molar refractivity (Wildman–Crippen MR) is 106 cm³/mol. The Bertz CT molecular complexity index is 1030. The largest absolute Gasteiger partial charge is 0.453 e. The molecule has 2 heterocycles. The van der Waals surface area contributed by atoms with Gasteiger partial charge in [-0.25, -0.2) is 14.5 Å². The lowest BCUT2D eigenvalue weighted by molar-refractivity contribution is 0.0469. The van der Waals surface area contributed by atoms with Gasteiger partial charge in [-0.1, -0.05) is 42.8 Å². The number of aromatic nitrogens is 3. The molecule has 1 aromatic carbocycles. The Morgan fingerprint density at radius 2 is 1.82 bits per heavy atom. The standard InChI is InChI=1S/C21H20ClN3O3/c1-4-15-5-7-16(8-6-15)18(26)12-28-21(27)20-17(22)9-10-19(23-20)25-14(3)11-13(2)24-25/h5-11H,4,12H2,1-3H3. The van der Waals surface area contributed by atoms with Crippen LogP contribution in [0.15, 0.2) is 42.5 Å². The number of nitrogens with zero attached hydrogens (tertiary/aromatic N) is 3. The number of rotatable bonds is 6. The quantitative estimate of drug-likeness (QED) is 0.461. The fourth-order valence-electron chi connectivity index (χ4n) is 2.76. The van der Waals surface area contributed by atoms with E-state index in [2.05, 4.69) is 10.1 Å². The van der Waals surface area contributed by atoms with Crippen molar-refractivity contribution in [2.45, 2.75) is 27.2 Å². The number of ketones is 1. The van der Waals surface area contributed by atoms with E-state index in [1.54, 1.807) is 28.9 Å². The van der Waals surface area contributed by atoms with Crippen molar-refractivity contribution in [3.8, 4) is 5.82 Å². The van der Waals surface area contributed by atoms with Crippen molar-refractivity contribution >= 4 is 23.4 Å². The molecule has 2 aromatic heterocycles. The third kappa shape index (κ3) is 4.28. The minimum absolute atomic E-state index is 0.0548. The molecule has 0 aliphatic rings. The molecule has 0 atom stereocenters. The second-order valence-electron chi connectivity index (χ2n) is 6.39. The molecule has 0 N–H and O–H groups in total. The summed E-state index contributed by atoms with van der Waals surface area (Å²) in [5.74, 6) is -0.600. The molecule has 0 saturated carbocycles. The Hall–Kier alpha value is -2.99. The lowest BCUT2D eigenvalue weighted by Crippen LogP contribution is -2.16. The van der Waals surface area contributed by atoms with Crippen LogP contribution >= 0.6 is 11.6 Å². The molecular formula is C21H20ClN3O3. The summed E-state index contributed by atoms with van der Waals surface area (Å²) in [6.45, 7) is 5.41. The summed E-state index contributed by atoms with van der Waals surface area (Å²) in [6, 6.07) is 12.3. The highest BCUT2D eigenvalue weighted by molar-refractivity contribution is 6.33. The number of halogens is 1. The van der Waals surface area contributed by atoms with Crippen LogP contribution in [0.2, 0.25) is 5.02 Å². The van der Waals surface area contributed by atoms with E-state index in [1.165, 1.54) is 0 Å². The van der Waals surface area contributed by atoms with Crippen LogP contribution in [0.1, 0.15) is 44.7 Å². The SMILES string of the molecule is CCc1ccc(C(=O)COC(=O)c2nc(-n3nc(C)cc3C)ccc2Cl)cc1. The van der Waals surface area contributed by atoms with Crippen LogP contribution in [0.5, 0.6) is 0 Å². The zero-order valence-electron chi connectivity index (χ0n) is 15.9. The number of carbonyl (C=O) groups excluding carboxylic acids is 2. The summed E-state index contributed by atoms with van der Waals surface area (Å²) in [5.41, 5.74) is 3.27. The van der Waals surface area contributed by atoms with Gasteiger partial charge in [-0.15, -0.1) is 0 Å². The summed E-state index contributed by atoms with van der Waals surface area (Å²) < 4.78 is 6.76. The van der Waals surface area contributed by atoms with Crippen LogP contribution in [0.4, 0.5) is 0 Å². The normalized spacial score (nSPS) is 10.7. The first-order chi connectivity index (χ1) is 13.4. The molecule has 0 unspecified atom stereocenters. The number of pyridine rings is 1. The van der Waals surface area contributed by atoms with E-state index in [0.29, 0.717) is 11.4 Å². The topological polar surface area (TPSA) is 74.1 Å². The van der Waals surface area contributed by atoms with Crippen molar-refractivity contribution in [3.63, 3.8) is 0 Å². The van der Waals surface area contributed by atoms with E-state index in [1.807, 2.05) is 39.0 Å². The summed E-state index contributed by atoms with van der Waals surface area (Å²) in [4.78, 5) is 29.0. The summed E-state index contributed by atoms with van der Waals surface area (Å²) in [7, 11) is 0. The maximum atomic E-state index is 12.4. The van der Waals surface area contributed by atoms with Gasteiger partial charge < -0.3 is 4.74 Å². The number of benzene rings is 1. The van der Waals surface area contributed by atoms with Crippen LogP contribution in [-0.2, 0) is 11.2 Å². The third-order valence-electron chi connectivity index (χ3n) is 4.27. The molecule has 7 heteroatoms. The van der Waals surface area contributed by atoms with Gasteiger partial charge in [0, 0.05) is 11.3 Å². The second kappa shape index (κ2) is 8.35. The average Bonchev–Trinajstić information content (AvgIpc) is 3.04. The lowest BCUT2D eigenvalue weighted by Gasteiger charge is -2.08. The maximum absolute atomic E-state index is 12.4. The molecule has 0 spiro atoms. The number of aryl methyl sites for hydroxylation is 3. The van der Waals surface area contributed by atoms with E-state index in [4.69, 9.17) is 16.3 Å². The monoisotopic (exact) mass is 397 g/mol. The molecule has 0 aliphatic carbocycles. The molecule has 0 amide bonds. The van der Waals surface area contributed by atoms with Crippen LogP contribution in [0.3, 0.4) is 0 Å². The molecule has 0 fully saturated rings. The summed E-state index contributed by atoms with van der Waals surface area (Å²) >= 11 is 6.11. The molecule has 0 aliphatic heterocycles. The van der Waals surface area contributed by atoms with E-state index in [-0.39, 0.29) is 23.1 Å². The Kier molecular flexibility index (Phi) is 5.90. The Morgan fingerprint density at radius 1 is 1.11 bits per heavy atom. The first-order valence-corrected chi connectivity index (χ1v) is 9.26. The molecule has 3 rings (SSSR count). The third-order valence-corrected chi connectivity index (χ3v) is 4.57. The number of esters is 1. The van der Waals surface area contributed by atoms with E-state index in [0.717, 1.165) is 23.4 Å². The van der Waals surface area contributed by atoms with Gasteiger partial charge in [-0.05, 0) is 44.0 Å². The van der Waals surface area contributed by atoms with Gasteiger partial charge in [0.1, 0.15) is 0 Å². The Balaban J connectivity index is 1.74. The second-order valence-corrected chi connectivity index (χ2v) is 6.80. The highest BCUT2D eigenvalue weighted by Gasteiger charge is 2.18. The number of Topliss-reactive ketones (excluding diaryl/α,β-unsaturated/α-hetero) is 1. The number of ether oxygens (including phenoxy) is 1. The maximum Gasteiger partial charge on any atom is 0.359 e. The van der Waals surface area contributed by atoms with Gasteiger partial charge in [0.2, 0.25) is 0 Å². The fraction of sp³-hybridized carbons (Fsp3) is 0.238. The number of hydrogen-bond acceptors (Lipinski definition) is 5. The number of carbonyl (C=O) groups is 2. The first kappa shape index (κ1) is 19.8. The van der Waals surface area contributed by atoms with E-state index < -0.39 is 5.97 Å². The van der Waals surface area contributed by atoms with Gasteiger partial charge >= 0.3 is 5.97 Å².